The molecule has 168 valence electrons. The van der Waals surface area contributed by atoms with Crippen molar-refractivity contribution in [2.24, 2.45) is 4.99 Å². The summed E-state index contributed by atoms with van der Waals surface area (Å²) >= 11 is 0. The first-order chi connectivity index (χ1) is 16.0. The van der Waals surface area contributed by atoms with Gasteiger partial charge in [0.2, 0.25) is 0 Å². The number of pyridine rings is 1. The topological polar surface area (TPSA) is 118 Å². The molecule has 0 spiro atoms. The van der Waals surface area contributed by atoms with E-state index in [1.54, 1.807) is 54.6 Å². The van der Waals surface area contributed by atoms with E-state index in [0.717, 1.165) is 0 Å². The molecule has 0 aliphatic rings. The van der Waals surface area contributed by atoms with Crippen LogP contribution in [0.4, 0.5) is 5.69 Å². The maximum Gasteiger partial charge on any atom is 0.328 e. The highest BCUT2D eigenvalue weighted by molar-refractivity contribution is 6.18. The van der Waals surface area contributed by atoms with E-state index < -0.39 is 23.9 Å². The van der Waals surface area contributed by atoms with E-state index in [0.29, 0.717) is 22.5 Å². The number of methoxy groups -OCH3 is 1. The van der Waals surface area contributed by atoms with Crippen LogP contribution in [0.2, 0.25) is 0 Å². The summed E-state index contributed by atoms with van der Waals surface area (Å²) in [6.45, 7) is 0. The van der Waals surface area contributed by atoms with Gasteiger partial charge in [-0.3, -0.25) is 19.6 Å². The summed E-state index contributed by atoms with van der Waals surface area (Å²) in [6.07, 6.45) is 1.41. The predicted molar refractivity (Wildman–Crippen MR) is 123 cm³/mol. The normalized spacial score (nSPS) is 12.0. The van der Waals surface area contributed by atoms with E-state index in [9.17, 15) is 19.5 Å². The van der Waals surface area contributed by atoms with Crippen molar-refractivity contribution in [3.63, 3.8) is 0 Å². The van der Waals surface area contributed by atoms with Gasteiger partial charge in [0.1, 0.15) is 11.7 Å². The van der Waals surface area contributed by atoms with Gasteiger partial charge in [0, 0.05) is 23.7 Å². The summed E-state index contributed by atoms with van der Waals surface area (Å²) in [5, 5.41) is 12.6. The zero-order chi connectivity index (χ0) is 23.6. The van der Waals surface area contributed by atoms with Gasteiger partial charge < -0.3 is 15.2 Å². The number of carbonyl (C=O) groups excluding carboxylic acids is 2. The number of carboxylic acids is 1. The molecule has 0 saturated heterocycles. The lowest BCUT2D eigenvalue weighted by Gasteiger charge is -2.16. The number of benzene rings is 2. The van der Waals surface area contributed by atoms with Gasteiger partial charge in [-0.25, -0.2) is 4.79 Å². The largest absolute Gasteiger partial charge is 0.480 e. The number of rotatable bonds is 9. The van der Waals surface area contributed by atoms with Gasteiger partial charge in [0.05, 0.1) is 18.5 Å². The monoisotopic (exact) mass is 445 g/mol. The Kier molecular flexibility index (Phi) is 8.02. The molecule has 3 rings (SSSR count). The minimum absolute atomic E-state index is 0.0270. The lowest BCUT2D eigenvalue weighted by atomic mass is 9.99. The number of nitrogens with one attached hydrogen (secondary N) is 1. The number of aliphatic carboxylic acids is 1. The molecule has 0 fully saturated rings. The van der Waals surface area contributed by atoms with Crippen molar-refractivity contribution in [3.8, 4) is 0 Å². The van der Waals surface area contributed by atoms with Crippen LogP contribution in [0.15, 0.2) is 84.0 Å². The van der Waals surface area contributed by atoms with Crippen LogP contribution >= 0.6 is 0 Å². The van der Waals surface area contributed by atoms with E-state index >= 15 is 0 Å². The van der Waals surface area contributed by atoms with E-state index in [4.69, 9.17) is 0 Å². The van der Waals surface area contributed by atoms with E-state index in [1.165, 1.54) is 13.3 Å². The number of hydrogen-bond donors (Lipinski definition) is 2. The molecule has 8 heteroatoms. The zero-order valence-corrected chi connectivity index (χ0v) is 18.0. The Bertz CT molecular complexity index is 1150. The second-order valence-corrected chi connectivity index (χ2v) is 7.03. The molecule has 0 unspecified atom stereocenters. The third kappa shape index (κ3) is 6.33. The predicted octanol–water partition coefficient (Wildman–Crippen LogP) is 3.58. The van der Waals surface area contributed by atoms with Gasteiger partial charge in [-0.2, -0.15) is 0 Å². The van der Waals surface area contributed by atoms with Crippen molar-refractivity contribution in [1.29, 1.82) is 0 Å². The van der Waals surface area contributed by atoms with Crippen LogP contribution in [0.5, 0.6) is 0 Å². The first kappa shape index (κ1) is 23.3. The minimum atomic E-state index is -1.18. The molecule has 1 atom stereocenters. The number of hydrogen-bond acceptors (Lipinski definition) is 6. The van der Waals surface area contributed by atoms with Crippen LogP contribution in [-0.2, 0) is 14.3 Å². The molecule has 2 N–H and O–H groups in total. The van der Waals surface area contributed by atoms with Crippen molar-refractivity contribution in [2.45, 2.75) is 18.9 Å². The fourth-order valence-corrected chi connectivity index (χ4v) is 3.13. The molecule has 1 heterocycles. The summed E-state index contributed by atoms with van der Waals surface area (Å²) in [6, 6.07) is 19.9. The quantitative estimate of drug-likeness (QED) is 0.384. The van der Waals surface area contributed by atoms with Crippen LogP contribution in [0.1, 0.15) is 34.5 Å². The number of aromatic nitrogens is 1. The molecule has 0 aliphatic heterocycles. The Morgan fingerprint density at radius 3 is 2.36 bits per heavy atom. The maximum absolute atomic E-state index is 12.7. The molecule has 1 amide bonds. The highest BCUT2D eigenvalue weighted by atomic mass is 16.5. The summed E-state index contributed by atoms with van der Waals surface area (Å²) in [5.41, 5.74) is 2.28. The Hall–Kier alpha value is -4.33. The Morgan fingerprint density at radius 2 is 1.70 bits per heavy atom. The Balaban J connectivity index is 2.03. The Labute approximate surface area is 191 Å². The van der Waals surface area contributed by atoms with Crippen molar-refractivity contribution in [3.05, 3.63) is 95.8 Å². The van der Waals surface area contributed by atoms with Crippen LogP contribution in [0.3, 0.4) is 0 Å². The van der Waals surface area contributed by atoms with E-state index in [1.807, 2.05) is 18.2 Å². The Morgan fingerprint density at radius 1 is 1.00 bits per heavy atom. The highest BCUT2D eigenvalue weighted by Gasteiger charge is 2.22. The van der Waals surface area contributed by atoms with E-state index in [-0.39, 0.29) is 18.5 Å². The number of amides is 1. The number of nitrogens with zero attached hydrogens (tertiary/aromatic N) is 2. The van der Waals surface area contributed by atoms with Crippen molar-refractivity contribution in [2.75, 3.05) is 12.4 Å². The molecule has 33 heavy (non-hydrogen) atoms. The smallest absolute Gasteiger partial charge is 0.328 e. The summed E-state index contributed by atoms with van der Waals surface area (Å²) < 4.78 is 4.63. The minimum Gasteiger partial charge on any atom is -0.480 e. The number of aliphatic imine (C=N–C) groups is 1. The molecule has 0 radical (unpaired) electrons. The number of para-hydroxylation sites is 1. The fourth-order valence-electron chi connectivity index (χ4n) is 3.13. The first-order valence-corrected chi connectivity index (χ1v) is 10.2. The van der Waals surface area contributed by atoms with Gasteiger partial charge >= 0.3 is 11.9 Å². The molecule has 0 aliphatic carbocycles. The molecular weight excluding hydrogens is 422 g/mol. The number of esters is 1. The van der Waals surface area contributed by atoms with Crippen LogP contribution in [0.25, 0.3) is 0 Å². The zero-order valence-electron chi connectivity index (χ0n) is 18.0. The van der Waals surface area contributed by atoms with Gasteiger partial charge in [0.25, 0.3) is 5.91 Å². The van der Waals surface area contributed by atoms with Crippen LogP contribution < -0.4 is 5.32 Å². The molecule has 8 nitrogen and oxygen atoms in total. The second-order valence-electron chi connectivity index (χ2n) is 7.03. The van der Waals surface area contributed by atoms with Gasteiger partial charge in [0.15, 0.2) is 0 Å². The molecule has 1 aromatic heterocycles. The molecule has 0 saturated carbocycles. The average molecular weight is 445 g/mol. The molecular formula is C25H23N3O5. The third-order valence-electron chi connectivity index (χ3n) is 4.79. The van der Waals surface area contributed by atoms with Crippen LogP contribution in [-0.4, -0.2) is 46.8 Å². The average Bonchev–Trinajstić information content (AvgIpc) is 2.85. The molecule has 0 bridgehead atoms. The second kappa shape index (κ2) is 11.3. The number of anilines is 1. The van der Waals surface area contributed by atoms with Crippen molar-refractivity contribution >= 4 is 29.2 Å². The number of carbonyl (C=O) groups is 3. The van der Waals surface area contributed by atoms with Crippen molar-refractivity contribution in [1.82, 2.24) is 4.98 Å². The first-order valence-electron chi connectivity index (χ1n) is 10.2. The SMILES string of the molecule is COC(=O)CC[C@H](N=C(c1ccccc1)c1ccccc1NC(=O)c1ccccn1)C(=O)O. The van der Waals surface area contributed by atoms with Gasteiger partial charge in [-0.05, 0) is 24.6 Å². The van der Waals surface area contributed by atoms with Gasteiger partial charge in [-0.1, -0.05) is 54.6 Å². The van der Waals surface area contributed by atoms with Gasteiger partial charge in [-0.15, -0.1) is 0 Å². The van der Waals surface area contributed by atoms with Crippen molar-refractivity contribution < 1.29 is 24.2 Å². The number of carboxylic acid groups (broad SMARTS) is 1. The number of ether oxygens (including phenoxy) is 1. The maximum atomic E-state index is 12.7. The van der Waals surface area contributed by atoms with E-state index in [2.05, 4.69) is 20.0 Å². The molecule has 2 aromatic carbocycles. The highest BCUT2D eigenvalue weighted by Crippen LogP contribution is 2.22. The summed E-state index contributed by atoms with van der Waals surface area (Å²) in [4.78, 5) is 44.7. The third-order valence-corrected chi connectivity index (χ3v) is 4.79. The lowest BCUT2D eigenvalue weighted by molar-refractivity contribution is -0.141. The molecule has 3 aromatic rings. The fraction of sp³-hybridized carbons (Fsp3) is 0.160. The van der Waals surface area contributed by atoms with Crippen LogP contribution in [0, 0.1) is 0 Å². The standard InChI is InChI=1S/C25H23N3O5/c1-33-22(29)15-14-21(25(31)32)27-23(17-9-3-2-4-10-17)18-11-5-6-12-19(18)28-24(30)20-13-7-8-16-26-20/h2-13,16,21H,14-15H2,1H3,(H,28,30)(H,31,32)/t21-/m0/s1. The summed E-state index contributed by atoms with van der Waals surface area (Å²) in [7, 11) is 1.25. The summed E-state index contributed by atoms with van der Waals surface area (Å²) in [5.74, 6) is -2.08. The lowest BCUT2D eigenvalue weighted by Crippen LogP contribution is -2.23.